The van der Waals surface area contributed by atoms with Gasteiger partial charge in [-0.15, -0.1) is 0 Å². The van der Waals surface area contributed by atoms with Crippen LogP contribution in [0.25, 0.3) is 11.0 Å². The second-order valence-corrected chi connectivity index (χ2v) is 10.5. The molecular formula is C27H38F3N5O5. The first-order valence-electron chi connectivity index (χ1n) is 13.2. The first-order chi connectivity index (χ1) is 18.6. The van der Waals surface area contributed by atoms with Crippen LogP contribution in [0.4, 0.5) is 18.9 Å². The maximum Gasteiger partial charge on any atom is 0.417 e. The third-order valence-electron chi connectivity index (χ3n) is 6.26. The highest BCUT2D eigenvalue weighted by atomic mass is 19.4. The number of unbranched alkanes of at least 4 members (excludes halogenated alkanes) is 1. The van der Waals surface area contributed by atoms with Gasteiger partial charge in [0.05, 0.1) is 11.6 Å². The summed E-state index contributed by atoms with van der Waals surface area (Å²) in [6.07, 6.45) is -3.20. The Bertz CT molecular complexity index is 1250. The van der Waals surface area contributed by atoms with Gasteiger partial charge in [-0.05, 0) is 56.2 Å². The van der Waals surface area contributed by atoms with Crippen molar-refractivity contribution in [3.05, 3.63) is 40.2 Å². The summed E-state index contributed by atoms with van der Waals surface area (Å²) in [4.78, 5) is 50.7. The summed E-state index contributed by atoms with van der Waals surface area (Å²) in [7, 11) is 0. The van der Waals surface area contributed by atoms with E-state index in [1.807, 2.05) is 13.8 Å². The average Bonchev–Trinajstić information content (AvgIpc) is 2.85. The number of fused-ring (bicyclic) bond motifs is 1. The average molecular weight is 570 g/mol. The minimum Gasteiger partial charge on any atom is -0.423 e. The van der Waals surface area contributed by atoms with Gasteiger partial charge in [-0.25, -0.2) is 4.79 Å². The van der Waals surface area contributed by atoms with Crippen LogP contribution >= 0.6 is 0 Å². The minimum atomic E-state index is -4.78. The van der Waals surface area contributed by atoms with E-state index in [-0.39, 0.29) is 34.9 Å². The van der Waals surface area contributed by atoms with Gasteiger partial charge < -0.3 is 31.8 Å². The highest BCUT2D eigenvalue weighted by Crippen LogP contribution is 2.34. The molecule has 0 radical (unpaired) electrons. The van der Waals surface area contributed by atoms with Crippen LogP contribution in [-0.2, 0) is 20.6 Å². The molecule has 3 amide bonds. The number of amides is 3. The van der Waals surface area contributed by atoms with Gasteiger partial charge in [0.15, 0.2) is 0 Å². The minimum absolute atomic E-state index is 0.0321. The van der Waals surface area contributed by atoms with E-state index in [1.165, 1.54) is 6.07 Å². The summed E-state index contributed by atoms with van der Waals surface area (Å²) in [5.74, 6) is -1.84. The maximum absolute atomic E-state index is 13.4. The van der Waals surface area contributed by atoms with E-state index in [0.29, 0.717) is 31.9 Å². The predicted octanol–water partition coefficient (Wildman–Crippen LogP) is 2.88. The fraction of sp³-hybridized carbons (Fsp3) is 0.556. The van der Waals surface area contributed by atoms with E-state index in [1.54, 1.807) is 13.8 Å². The zero-order valence-corrected chi connectivity index (χ0v) is 23.1. The van der Waals surface area contributed by atoms with E-state index < -0.39 is 53.2 Å². The molecule has 0 bridgehead atoms. The van der Waals surface area contributed by atoms with Gasteiger partial charge in [0.25, 0.3) is 0 Å². The smallest absolute Gasteiger partial charge is 0.417 e. The number of hydrogen-bond acceptors (Lipinski definition) is 7. The van der Waals surface area contributed by atoms with E-state index in [9.17, 15) is 32.3 Å². The monoisotopic (exact) mass is 569 g/mol. The van der Waals surface area contributed by atoms with Crippen molar-refractivity contribution in [1.29, 1.82) is 0 Å². The third-order valence-corrected chi connectivity index (χ3v) is 6.26. The van der Waals surface area contributed by atoms with Crippen molar-refractivity contribution >= 4 is 34.4 Å². The van der Waals surface area contributed by atoms with Gasteiger partial charge in [-0.3, -0.25) is 14.4 Å². The molecule has 0 aliphatic carbocycles. The molecule has 0 spiro atoms. The largest absolute Gasteiger partial charge is 0.423 e. The zero-order chi connectivity index (χ0) is 30.2. The Kier molecular flexibility index (Phi) is 11.7. The lowest BCUT2D eigenvalue weighted by molar-refractivity contribution is -0.136. The summed E-state index contributed by atoms with van der Waals surface area (Å²) < 4.78 is 45.0. The van der Waals surface area contributed by atoms with Crippen molar-refractivity contribution < 1.29 is 32.0 Å². The Morgan fingerprint density at radius 3 is 2.17 bits per heavy atom. The highest BCUT2D eigenvalue weighted by Gasteiger charge is 2.34. The summed E-state index contributed by atoms with van der Waals surface area (Å²) in [6, 6.07) is 0.985. The molecule has 0 aliphatic heterocycles. The molecule has 2 aromatic rings. The van der Waals surface area contributed by atoms with Crippen LogP contribution in [0.15, 0.2) is 33.5 Å². The number of nitrogens with one attached hydrogen (secondary N) is 3. The highest BCUT2D eigenvalue weighted by molar-refractivity contribution is 5.99. The Morgan fingerprint density at radius 1 is 0.950 bits per heavy atom. The van der Waals surface area contributed by atoms with Gasteiger partial charge in [0.2, 0.25) is 17.7 Å². The summed E-state index contributed by atoms with van der Waals surface area (Å²) in [6.45, 7) is 7.68. The van der Waals surface area contributed by atoms with Gasteiger partial charge in [-0.2, -0.15) is 13.2 Å². The van der Waals surface area contributed by atoms with Crippen molar-refractivity contribution in [3.8, 4) is 0 Å². The number of nitrogens with two attached hydrogens (primary N) is 2. The van der Waals surface area contributed by atoms with Gasteiger partial charge in [-0.1, -0.05) is 27.7 Å². The number of alkyl halides is 3. The van der Waals surface area contributed by atoms with Crippen LogP contribution < -0.4 is 33.0 Å². The normalized spacial score (nSPS) is 14.2. The topological polar surface area (TPSA) is 170 Å². The molecule has 40 heavy (non-hydrogen) atoms. The van der Waals surface area contributed by atoms with Gasteiger partial charge in [0.1, 0.15) is 17.7 Å². The molecule has 0 saturated carbocycles. The predicted molar refractivity (Wildman–Crippen MR) is 145 cm³/mol. The van der Waals surface area contributed by atoms with E-state index >= 15 is 0 Å². The molecular weight excluding hydrogens is 531 g/mol. The van der Waals surface area contributed by atoms with E-state index in [2.05, 4.69) is 16.0 Å². The second-order valence-electron chi connectivity index (χ2n) is 10.5. The molecule has 0 unspecified atom stereocenters. The molecule has 3 atom stereocenters. The first kappa shape index (κ1) is 32.8. The molecule has 222 valence electrons. The van der Waals surface area contributed by atoms with E-state index in [4.69, 9.17) is 15.9 Å². The van der Waals surface area contributed by atoms with Crippen LogP contribution in [0.1, 0.15) is 58.9 Å². The second kappa shape index (κ2) is 14.3. The Hall–Kier alpha value is -3.45. The molecule has 0 saturated heterocycles. The van der Waals surface area contributed by atoms with Crippen molar-refractivity contribution in [1.82, 2.24) is 10.6 Å². The van der Waals surface area contributed by atoms with Crippen molar-refractivity contribution in [2.75, 3.05) is 11.9 Å². The van der Waals surface area contributed by atoms with Crippen LogP contribution in [-0.4, -0.2) is 42.4 Å². The third kappa shape index (κ3) is 9.33. The van der Waals surface area contributed by atoms with Crippen molar-refractivity contribution in [3.63, 3.8) is 0 Å². The van der Waals surface area contributed by atoms with Gasteiger partial charge in [0, 0.05) is 23.2 Å². The molecule has 1 aromatic carbocycles. The summed E-state index contributed by atoms with van der Waals surface area (Å²) in [5.41, 5.74) is 8.86. The molecule has 1 aromatic heterocycles. The number of carbonyl (C=O) groups excluding carboxylic acids is 3. The van der Waals surface area contributed by atoms with Crippen LogP contribution in [0.5, 0.6) is 0 Å². The van der Waals surface area contributed by atoms with E-state index in [0.717, 1.165) is 12.1 Å². The van der Waals surface area contributed by atoms with Crippen molar-refractivity contribution in [2.45, 2.75) is 77.7 Å². The van der Waals surface area contributed by atoms with Crippen LogP contribution in [0, 0.1) is 11.8 Å². The quantitative estimate of drug-likeness (QED) is 0.182. The summed E-state index contributed by atoms with van der Waals surface area (Å²) in [5, 5.41) is 7.57. The standard InChI is InChI=1S/C27H38F3N5O5/c1-14(2)11-20(35-26(39)23(32)15(3)4)25(38)34-19(7-5-6-10-31)24(37)33-16-8-9-17-18(27(28,29)30)13-22(36)40-21(17)12-16/h8-9,12-15,19-20,23H,5-7,10-11,31-32H2,1-4H3,(H,33,37)(H,34,38)(H,35,39)/t19-,20-,23+/m0/s1. The summed E-state index contributed by atoms with van der Waals surface area (Å²) >= 11 is 0. The Morgan fingerprint density at radius 2 is 1.60 bits per heavy atom. The number of benzene rings is 1. The number of halogens is 3. The molecule has 13 heteroatoms. The van der Waals surface area contributed by atoms with Crippen molar-refractivity contribution in [2.24, 2.45) is 23.3 Å². The lowest BCUT2D eigenvalue weighted by Gasteiger charge is -2.26. The number of hydrogen-bond donors (Lipinski definition) is 5. The lowest BCUT2D eigenvalue weighted by Crippen LogP contribution is -2.56. The van der Waals surface area contributed by atoms with Crippen LogP contribution in [0.3, 0.4) is 0 Å². The fourth-order valence-electron chi connectivity index (χ4n) is 4.01. The number of carbonyl (C=O) groups is 3. The molecule has 0 aliphatic rings. The SMILES string of the molecule is CC(C)C[C@H](NC(=O)[C@H](N)C(C)C)C(=O)N[C@@H](CCCCN)C(=O)Nc1ccc2c(C(F)(F)F)cc(=O)oc2c1. The lowest BCUT2D eigenvalue weighted by atomic mass is 9.99. The fourth-order valence-corrected chi connectivity index (χ4v) is 4.01. The first-order valence-corrected chi connectivity index (χ1v) is 13.2. The number of rotatable bonds is 13. The van der Waals surface area contributed by atoms with Gasteiger partial charge >= 0.3 is 11.8 Å². The molecule has 10 nitrogen and oxygen atoms in total. The maximum atomic E-state index is 13.4. The number of anilines is 1. The molecule has 2 rings (SSSR count). The molecule has 7 N–H and O–H groups in total. The zero-order valence-electron chi connectivity index (χ0n) is 23.1. The molecule has 1 heterocycles. The van der Waals surface area contributed by atoms with Crippen LogP contribution in [0.2, 0.25) is 0 Å². The Balaban J connectivity index is 2.29. The molecule has 0 fully saturated rings. The Labute approximate surface area is 230 Å².